The lowest BCUT2D eigenvalue weighted by Crippen LogP contribution is -2.36. The van der Waals surface area contributed by atoms with E-state index in [0.717, 1.165) is 19.6 Å². The van der Waals surface area contributed by atoms with Crippen LogP contribution in [0.4, 0.5) is 0 Å². The zero-order chi connectivity index (χ0) is 9.10. The first-order valence-corrected chi connectivity index (χ1v) is 4.61. The molecule has 2 N–H and O–H groups in total. The molecule has 2 atom stereocenters. The molecule has 1 aromatic heterocycles. The Bertz CT molecular complexity index is 263. The molecule has 0 aliphatic carbocycles. The Balaban J connectivity index is 2.15. The Morgan fingerprint density at radius 3 is 2.85 bits per heavy atom. The lowest BCUT2D eigenvalue weighted by atomic mass is 9.90. The summed E-state index contributed by atoms with van der Waals surface area (Å²) >= 11 is 0. The van der Waals surface area contributed by atoms with Crippen LogP contribution in [0.1, 0.15) is 17.9 Å². The molecule has 2 unspecified atom stereocenters. The molecule has 3 nitrogen and oxygen atoms in total. The summed E-state index contributed by atoms with van der Waals surface area (Å²) in [5.41, 5.74) is 7.25. The van der Waals surface area contributed by atoms with Gasteiger partial charge in [0.05, 0.1) is 6.61 Å². The van der Waals surface area contributed by atoms with E-state index >= 15 is 0 Å². The molecule has 1 fully saturated rings. The summed E-state index contributed by atoms with van der Waals surface area (Å²) in [4.78, 5) is 3.98. The molecule has 1 aliphatic heterocycles. The predicted octanol–water partition coefficient (Wildman–Crippen LogP) is 0.913. The van der Waals surface area contributed by atoms with E-state index in [9.17, 15) is 0 Å². The Kier molecular flexibility index (Phi) is 2.57. The molecule has 1 saturated heterocycles. The van der Waals surface area contributed by atoms with Gasteiger partial charge in [0.25, 0.3) is 0 Å². The third kappa shape index (κ3) is 1.87. The molecule has 2 rings (SSSR count). The summed E-state index contributed by atoms with van der Waals surface area (Å²) < 4.78 is 5.41. The van der Waals surface area contributed by atoms with E-state index in [2.05, 4.69) is 4.98 Å². The van der Waals surface area contributed by atoms with Crippen LogP contribution in [-0.4, -0.2) is 24.2 Å². The molecule has 0 saturated carbocycles. The molecule has 2 heterocycles. The number of ether oxygens (including phenoxy) is 1. The minimum absolute atomic E-state index is 0.233. The van der Waals surface area contributed by atoms with E-state index < -0.39 is 0 Å². The molecule has 1 aliphatic rings. The normalized spacial score (nSPS) is 28.7. The minimum Gasteiger partial charge on any atom is -0.381 e. The SMILES string of the molecule is NC1CCOCC1c1ccncc1. The Morgan fingerprint density at radius 2 is 2.15 bits per heavy atom. The second kappa shape index (κ2) is 3.85. The van der Waals surface area contributed by atoms with Gasteiger partial charge in [0.15, 0.2) is 0 Å². The average Bonchev–Trinajstić information content (AvgIpc) is 2.20. The number of aromatic nitrogens is 1. The number of hydrogen-bond acceptors (Lipinski definition) is 3. The third-order valence-corrected chi connectivity index (χ3v) is 2.54. The van der Waals surface area contributed by atoms with Crippen LogP contribution in [0.25, 0.3) is 0 Å². The van der Waals surface area contributed by atoms with E-state index in [4.69, 9.17) is 10.5 Å². The lowest BCUT2D eigenvalue weighted by molar-refractivity contribution is 0.0691. The van der Waals surface area contributed by atoms with Crippen LogP contribution in [0.15, 0.2) is 24.5 Å². The number of rotatable bonds is 1. The van der Waals surface area contributed by atoms with Crippen molar-refractivity contribution in [3.63, 3.8) is 0 Å². The van der Waals surface area contributed by atoms with Gasteiger partial charge in [0, 0.05) is 31.0 Å². The van der Waals surface area contributed by atoms with Crippen LogP contribution in [0.3, 0.4) is 0 Å². The van der Waals surface area contributed by atoms with Gasteiger partial charge in [-0.05, 0) is 24.1 Å². The van der Waals surface area contributed by atoms with Crippen molar-refractivity contribution in [2.24, 2.45) is 5.73 Å². The fourth-order valence-corrected chi connectivity index (χ4v) is 1.71. The number of hydrogen-bond donors (Lipinski definition) is 1. The summed E-state index contributed by atoms with van der Waals surface area (Å²) in [6.45, 7) is 1.54. The molecule has 0 aromatic carbocycles. The van der Waals surface area contributed by atoms with Crippen molar-refractivity contribution < 1.29 is 4.74 Å². The van der Waals surface area contributed by atoms with Crippen LogP contribution in [0, 0.1) is 0 Å². The Labute approximate surface area is 77.9 Å². The third-order valence-electron chi connectivity index (χ3n) is 2.54. The highest BCUT2D eigenvalue weighted by Crippen LogP contribution is 2.23. The van der Waals surface area contributed by atoms with Gasteiger partial charge in [0.1, 0.15) is 0 Å². The smallest absolute Gasteiger partial charge is 0.0549 e. The van der Waals surface area contributed by atoms with E-state index in [-0.39, 0.29) is 6.04 Å². The van der Waals surface area contributed by atoms with Crippen LogP contribution >= 0.6 is 0 Å². The lowest BCUT2D eigenvalue weighted by Gasteiger charge is -2.28. The summed E-state index contributed by atoms with van der Waals surface area (Å²) in [6.07, 6.45) is 4.56. The van der Waals surface area contributed by atoms with Crippen LogP contribution in [0.2, 0.25) is 0 Å². The van der Waals surface area contributed by atoms with E-state index in [1.165, 1.54) is 5.56 Å². The molecule has 0 radical (unpaired) electrons. The number of nitrogens with zero attached hydrogens (tertiary/aromatic N) is 1. The maximum atomic E-state index is 6.01. The summed E-state index contributed by atoms with van der Waals surface area (Å²) in [7, 11) is 0. The van der Waals surface area contributed by atoms with Crippen molar-refractivity contribution in [1.82, 2.24) is 4.98 Å². The fourth-order valence-electron chi connectivity index (χ4n) is 1.71. The van der Waals surface area contributed by atoms with Gasteiger partial charge in [-0.3, -0.25) is 4.98 Å². The minimum atomic E-state index is 0.233. The second-order valence-corrected chi connectivity index (χ2v) is 3.41. The molecular weight excluding hydrogens is 164 g/mol. The molecule has 3 heteroatoms. The first kappa shape index (κ1) is 8.66. The largest absolute Gasteiger partial charge is 0.381 e. The van der Waals surface area contributed by atoms with E-state index in [1.54, 1.807) is 12.4 Å². The van der Waals surface area contributed by atoms with Crippen molar-refractivity contribution in [2.75, 3.05) is 13.2 Å². The average molecular weight is 178 g/mol. The van der Waals surface area contributed by atoms with Gasteiger partial charge < -0.3 is 10.5 Å². The number of pyridine rings is 1. The highest BCUT2D eigenvalue weighted by molar-refractivity contribution is 5.18. The van der Waals surface area contributed by atoms with Crippen LogP contribution < -0.4 is 5.73 Å². The first-order valence-electron chi connectivity index (χ1n) is 4.61. The van der Waals surface area contributed by atoms with Crippen LogP contribution in [-0.2, 0) is 4.74 Å². The second-order valence-electron chi connectivity index (χ2n) is 3.41. The van der Waals surface area contributed by atoms with Crippen LogP contribution in [0.5, 0.6) is 0 Å². The maximum Gasteiger partial charge on any atom is 0.0549 e. The molecule has 13 heavy (non-hydrogen) atoms. The van der Waals surface area contributed by atoms with Crippen molar-refractivity contribution >= 4 is 0 Å². The Morgan fingerprint density at radius 1 is 1.38 bits per heavy atom. The summed E-state index contributed by atoms with van der Waals surface area (Å²) in [5.74, 6) is 0.344. The summed E-state index contributed by atoms with van der Waals surface area (Å²) in [6, 6.07) is 4.26. The molecule has 0 amide bonds. The Hall–Kier alpha value is -0.930. The van der Waals surface area contributed by atoms with Gasteiger partial charge in [-0.15, -0.1) is 0 Å². The van der Waals surface area contributed by atoms with Gasteiger partial charge in [-0.2, -0.15) is 0 Å². The van der Waals surface area contributed by atoms with E-state index in [0.29, 0.717) is 5.92 Å². The zero-order valence-corrected chi connectivity index (χ0v) is 7.52. The number of nitrogens with two attached hydrogens (primary N) is 1. The highest BCUT2D eigenvalue weighted by atomic mass is 16.5. The molecule has 0 spiro atoms. The fraction of sp³-hybridized carbons (Fsp3) is 0.500. The van der Waals surface area contributed by atoms with Crippen molar-refractivity contribution in [3.05, 3.63) is 30.1 Å². The van der Waals surface area contributed by atoms with Crippen molar-refractivity contribution in [2.45, 2.75) is 18.4 Å². The summed E-state index contributed by atoms with van der Waals surface area (Å²) in [5, 5.41) is 0. The molecule has 1 aromatic rings. The maximum absolute atomic E-state index is 6.01. The van der Waals surface area contributed by atoms with E-state index in [1.807, 2.05) is 12.1 Å². The standard InChI is InChI=1S/C10H14N2O/c11-10-3-6-13-7-9(10)8-1-4-12-5-2-8/h1-2,4-5,9-10H,3,6-7,11H2. The van der Waals surface area contributed by atoms with Crippen molar-refractivity contribution in [3.8, 4) is 0 Å². The topological polar surface area (TPSA) is 48.1 Å². The molecule has 70 valence electrons. The highest BCUT2D eigenvalue weighted by Gasteiger charge is 2.23. The predicted molar refractivity (Wildman–Crippen MR) is 50.4 cm³/mol. The molecular formula is C10H14N2O. The van der Waals surface area contributed by atoms with Gasteiger partial charge in [-0.1, -0.05) is 0 Å². The van der Waals surface area contributed by atoms with Gasteiger partial charge in [0.2, 0.25) is 0 Å². The monoisotopic (exact) mass is 178 g/mol. The quantitative estimate of drug-likeness (QED) is 0.695. The zero-order valence-electron chi connectivity index (χ0n) is 7.52. The first-order chi connectivity index (χ1) is 6.38. The van der Waals surface area contributed by atoms with Gasteiger partial charge >= 0.3 is 0 Å². The van der Waals surface area contributed by atoms with Gasteiger partial charge in [-0.25, -0.2) is 0 Å². The van der Waals surface area contributed by atoms with Crippen molar-refractivity contribution in [1.29, 1.82) is 0 Å². The molecule has 0 bridgehead atoms.